The molecule has 2 rings (SSSR count). The first kappa shape index (κ1) is 23.6. The van der Waals surface area contributed by atoms with Crippen LogP contribution in [-0.4, -0.2) is 0 Å². The summed E-state index contributed by atoms with van der Waals surface area (Å²) in [7, 11) is 0. The van der Waals surface area contributed by atoms with Gasteiger partial charge in [0.15, 0.2) is 18.4 Å². The number of pyridine rings is 1. The first-order valence-corrected chi connectivity index (χ1v) is 12.4. The predicted octanol–water partition coefficient (Wildman–Crippen LogP) is 7.61. The lowest BCUT2D eigenvalue weighted by atomic mass is 10.0. The fourth-order valence-electron chi connectivity index (χ4n) is 4.13. The number of hydrogen-bond acceptors (Lipinski definition) is 0. The highest BCUT2D eigenvalue weighted by Crippen LogP contribution is 2.13. The molecule has 1 aromatic carbocycles. The predicted molar refractivity (Wildman–Crippen MR) is 126 cm³/mol. The van der Waals surface area contributed by atoms with Crippen molar-refractivity contribution in [3.63, 3.8) is 0 Å². The van der Waals surface area contributed by atoms with Gasteiger partial charge in [0, 0.05) is 23.6 Å². The van der Waals surface area contributed by atoms with Gasteiger partial charge in [-0.1, -0.05) is 103 Å². The van der Waals surface area contributed by atoms with E-state index in [0.29, 0.717) is 0 Å². The summed E-state index contributed by atoms with van der Waals surface area (Å²) in [6.45, 7) is 7.75. The maximum Gasteiger partial charge on any atom is 0.181 e. The maximum absolute atomic E-state index is 2.43. The van der Waals surface area contributed by atoms with E-state index in [4.69, 9.17) is 0 Å². The van der Waals surface area contributed by atoms with Crippen LogP contribution in [0.4, 0.5) is 0 Å². The number of hydrogen-bond donors (Lipinski definition) is 0. The number of rotatable bonds is 15. The molecule has 0 spiro atoms. The summed E-state index contributed by atoms with van der Waals surface area (Å²) >= 11 is 0. The summed E-state index contributed by atoms with van der Waals surface area (Å²) in [6.07, 6.45) is 19.8. The zero-order valence-electron chi connectivity index (χ0n) is 19.4. The van der Waals surface area contributed by atoms with Crippen LogP contribution in [0.15, 0.2) is 42.6 Å². The topological polar surface area (TPSA) is 3.88 Å². The SMILES string of the molecule is CCCCCCCCCCCCc1ccc(C[n+]2cc(CC)ccc2CC)cc1. The van der Waals surface area contributed by atoms with E-state index in [1.165, 1.54) is 93.0 Å². The van der Waals surface area contributed by atoms with Crippen molar-refractivity contribution in [3.05, 3.63) is 65.0 Å². The van der Waals surface area contributed by atoms with Gasteiger partial charge in [0.25, 0.3) is 0 Å². The highest BCUT2D eigenvalue weighted by molar-refractivity contribution is 5.22. The van der Waals surface area contributed by atoms with E-state index in [1.807, 2.05) is 0 Å². The Morgan fingerprint density at radius 1 is 0.552 bits per heavy atom. The van der Waals surface area contributed by atoms with Gasteiger partial charge in [-0.3, -0.25) is 0 Å². The number of aryl methyl sites for hydroxylation is 3. The van der Waals surface area contributed by atoms with Gasteiger partial charge in [-0.25, -0.2) is 0 Å². The standard InChI is InChI=1S/C28H44N/c1-4-7-8-9-10-11-12-13-14-15-16-26-17-19-27(20-18-26)24-29-23-25(5-2)21-22-28(29)6-3/h17-23H,4-16,24H2,1-3H3/q+1. The average Bonchev–Trinajstić information content (AvgIpc) is 2.76. The number of benzene rings is 1. The van der Waals surface area contributed by atoms with Crippen LogP contribution in [0.5, 0.6) is 0 Å². The van der Waals surface area contributed by atoms with Gasteiger partial charge in [-0.05, 0) is 30.9 Å². The smallest absolute Gasteiger partial charge is 0.181 e. The molecule has 0 saturated heterocycles. The molecule has 0 unspecified atom stereocenters. The van der Waals surface area contributed by atoms with Crippen molar-refractivity contribution >= 4 is 0 Å². The fourth-order valence-corrected chi connectivity index (χ4v) is 4.13. The van der Waals surface area contributed by atoms with Gasteiger partial charge in [0.2, 0.25) is 0 Å². The Balaban J connectivity index is 1.67. The van der Waals surface area contributed by atoms with E-state index in [-0.39, 0.29) is 0 Å². The van der Waals surface area contributed by atoms with Crippen molar-refractivity contribution in [2.75, 3.05) is 0 Å². The molecule has 0 bridgehead atoms. The summed E-state index contributed by atoms with van der Waals surface area (Å²) in [6, 6.07) is 13.9. The van der Waals surface area contributed by atoms with Gasteiger partial charge < -0.3 is 0 Å². The summed E-state index contributed by atoms with van der Waals surface area (Å²) in [4.78, 5) is 0. The first-order valence-electron chi connectivity index (χ1n) is 12.4. The molecule has 2 aromatic rings. The molecule has 0 radical (unpaired) electrons. The zero-order valence-corrected chi connectivity index (χ0v) is 19.4. The van der Waals surface area contributed by atoms with Gasteiger partial charge in [-0.15, -0.1) is 0 Å². The Kier molecular flexibility index (Phi) is 11.7. The molecule has 1 aromatic heterocycles. The van der Waals surface area contributed by atoms with Crippen molar-refractivity contribution in [2.45, 2.75) is 111 Å². The summed E-state index contributed by atoms with van der Waals surface area (Å²) in [5.74, 6) is 0. The van der Waals surface area contributed by atoms with Gasteiger partial charge in [0.1, 0.15) is 0 Å². The van der Waals surface area contributed by atoms with E-state index in [0.717, 1.165) is 19.4 Å². The van der Waals surface area contributed by atoms with Crippen LogP contribution in [0.25, 0.3) is 0 Å². The second kappa shape index (κ2) is 14.4. The molecular weight excluding hydrogens is 350 g/mol. The molecule has 160 valence electrons. The number of aromatic nitrogens is 1. The molecule has 0 amide bonds. The van der Waals surface area contributed by atoms with Crippen molar-refractivity contribution in [1.82, 2.24) is 0 Å². The lowest BCUT2D eigenvalue weighted by molar-refractivity contribution is -0.696. The Morgan fingerprint density at radius 3 is 1.69 bits per heavy atom. The van der Waals surface area contributed by atoms with E-state index in [1.54, 1.807) is 0 Å². The minimum atomic E-state index is 0.982. The van der Waals surface area contributed by atoms with Gasteiger partial charge in [0.05, 0.1) is 0 Å². The van der Waals surface area contributed by atoms with Crippen LogP contribution in [-0.2, 0) is 25.8 Å². The molecule has 1 heteroatoms. The van der Waals surface area contributed by atoms with Crippen molar-refractivity contribution < 1.29 is 4.57 Å². The third-order valence-corrected chi connectivity index (χ3v) is 6.15. The van der Waals surface area contributed by atoms with Gasteiger partial charge >= 0.3 is 0 Å². The summed E-state index contributed by atoms with van der Waals surface area (Å²) < 4.78 is 2.43. The lowest BCUT2D eigenvalue weighted by Gasteiger charge is -2.06. The second-order valence-corrected chi connectivity index (χ2v) is 8.61. The van der Waals surface area contributed by atoms with E-state index < -0.39 is 0 Å². The maximum atomic E-state index is 2.43. The summed E-state index contributed by atoms with van der Waals surface area (Å²) in [5, 5.41) is 0. The third-order valence-electron chi connectivity index (χ3n) is 6.15. The zero-order chi connectivity index (χ0) is 20.7. The van der Waals surface area contributed by atoms with Crippen LogP contribution in [0, 0.1) is 0 Å². The minimum Gasteiger partial charge on any atom is -0.198 e. The molecule has 0 aliphatic rings. The molecule has 0 fully saturated rings. The monoisotopic (exact) mass is 394 g/mol. The van der Waals surface area contributed by atoms with Crippen LogP contribution in [0.3, 0.4) is 0 Å². The first-order chi connectivity index (χ1) is 14.3. The molecule has 29 heavy (non-hydrogen) atoms. The van der Waals surface area contributed by atoms with Crippen LogP contribution in [0.1, 0.15) is 107 Å². The van der Waals surface area contributed by atoms with Crippen molar-refractivity contribution in [2.24, 2.45) is 0 Å². The normalized spacial score (nSPS) is 11.1. The number of unbranched alkanes of at least 4 members (excludes halogenated alkanes) is 9. The highest BCUT2D eigenvalue weighted by atomic mass is 15.0. The Morgan fingerprint density at radius 2 is 1.10 bits per heavy atom. The molecule has 0 saturated carbocycles. The Labute approximate surface area is 180 Å². The number of nitrogens with zero attached hydrogens (tertiary/aromatic N) is 1. The molecule has 1 nitrogen and oxygen atoms in total. The lowest BCUT2D eigenvalue weighted by Crippen LogP contribution is -2.39. The van der Waals surface area contributed by atoms with E-state index in [2.05, 4.69) is 67.9 Å². The molecule has 0 aliphatic heterocycles. The van der Waals surface area contributed by atoms with Crippen LogP contribution < -0.4 is 4.57 Å². The third kappa shape index (κ3) is 9.15. The largest absolute Gasteiger partial charge is 0.198 e. The highest BCUT2D eigenvalue weighted by Gasteiger charge is 2.10. The Bertz CT molecular complexity index is 671. The quantitative estimate of drug-likeness (QED) is 0.216. The molecular formula is C28H44N+. The van der Waals surface area contributed by atoms with E-state index in [9.17, 15) is 0 Å². The molecule has 0 N–H and O–H groups in total. The molecule has 0 aliphatic carbocycles. The van der Waals surface area contributed by atoms with Crippen LogP contribution in [0.2, 0.25) is 0 Å². The van der Waals surface area contributed by atoms with E-state index >= 15 is 0 Å². The second-order valence-electron chi connectivity index (χ2n) is 8.61. The molecule has 1 heterocycles. The van der Waals surface area contributed by atoms with Crippen molar-refractivity contribution in [3.8, 4) is 0 Å². The Hall–Kier alpha value is -1.63. The average molecular weight is 395 g/mol. The van der Waals surface area contributed by atoms with Gasteiger partial charge in [-0.2, -0.15) is 4.57 Å². The van der Waals surface area contributed by atoms with Crippen molar-refractivity contribution in [1.29, 1.82) is 0 Å². The molecule has 0 atom stereocenters. The van der Waals surface area contributed by atoms with Crippen LogP contribution >= 0.6 is 0 Å². The minimum absolute atomic E-state index is 0.982. The fraction of sp³-hybridized carbons (Fsp3) is 0.607. The summed E-state index contributed by atoms with van der Waals surface area (Å²) in [5.41, 5.74) is 5.73.